The van der Waals surface area contributed by atoms with Crippen molar-refractivity contribution in [3.05, 3.63) is 41.7 Å². The summed E-state index contributed by atoms with van der Waals surface area (Å²) in [6.07, 6.45) is 4.45. The first kappa shape index (κ1) is 13.6. The van der Waals surface area contributed by atoms with Gasteiger partial charge in [-0.15, -0.1) is 0 Å². The highest BCUT2D eigenvalue weighted by Gasteiger charge is 2.17. The highest BCUT2D eigenvalue weighted by Crippen LogP contribution is 2.10. The zero-order valence-electron chi connectivity index (χ0n) is 11.1. The van der Waals surface area contributed by atoms with E-state index < -0.39 is 7.12 Å². The largest absolute Gasteiger partial charge is 0.494 e. The standard InChI is InChI=1S/C13H17BN2O3/c1-10-3-4-13(12(7-10)14(17)18)19-6-5-11-8-15-16(2)9-11/h3-4,7-9,17-18H,5-6H2,1-2H3. The second-order valence-electron chi connectivity index (χ2n) is 4.54. The van der Waals surface area contributed by atoms with Gasteiger partial charge in [-0.05, 0) is 18.6 Å². The van der Waals surface area contributed by atoms with E-state index in [-0.39, 0.29) is 0 Å². The quantitative estimate of drug-likeness (QED) is 0.744. The number of nitrogens with zero attached hydrogens (tertiary/aromatic N) is 2. The molecule has 0 bridgehead atoms. The molecule has 2 N–H and O–H groups in total. The lowest BCUT2D eigenvalue weighted by Crippen LogP contribution is -2.32. The van der Waals surface area contributed by atoms with E-state index in [2.05, 4.69) is 5.10 Å². The molecule has 1 aromatic carbocycles. The van der Waals surface area contributed by atoms with Crippen LogP contribution in [0.5, 0.6) is 5.75 Å². The Morgan fingerprint density at radius 1 is 1.37 bits per heavy atom. The minimum Gasteiger partial charge on any atom is -0.494 e. The molecule has 19 heavy (non-hydrogen) atoms. The molecular formula is C13H17BN2O3. The molecule has 1 aromatic heterocycles. The SMILES string of the molecule is Cc1ccc(OCCc2cnn(C)c2)c(B(O)O)c1. The van der Waals surface area contributed by atoms with Gasteiger partial charge in [-0.2, -0.15) is 5.10 Å². The number of benzene rings is 1. The Hall–Kier alpha value is -1.79. The first-order chi connectivity index (χ1) is 9.06. The summed E-state index contributed by atoms with van der Waals surface area (Å²) in [5.74, 6) is 0.504. The summed E-state index contributed by atoms with van der Waals surface area (Å²) in [6, 6.07) is 5.35. The van der Waals surface area contributed by atoms with Crippen molar-refractivity contribution in [3.63, 3.8) is 0 Å². The molecule has 2 aromatic rings. The van der Waals surface area contributed by atoms with Crippen molar-refractivity contribution in [1.82, 2.24) is 9.78 Å². The van der Waals surface area contributed by atoms with Crippen molar-refractivity contribution in [1.29, 1.82) is 0 Å². The number of aryl methyl sites for hydroxylation is 2. The molecule has 0 atom stereocenters. The minimum absolute atomic E-state index is 0.395. The van der Waals surface area contributed by atoms with E-state index in [1.807, 2.05) is 26.2 Å². The van der Waals surface area contributed by atoms with Gasteiger partial charge in [-0.25, -0.2) is 0 Å². The summed E-state index contributed by atoms with van der Waals surface area (Å²) >= 11 is 0. The summed E-state index contributed by atoms with van der Waals surface area (Å²) in [7, 11) is 0.346. The highest BCUT2D eigenvalue weighted by molar-refractivity contribution is 6.59. The van der Waals surface area contributed by atoms with E-state index in [1.165, 1.54) is 0 Å². The third kappa shape index (κ3) is 3.59. The van der Waals surface area contributed by atoms with Crippen LogP contribution in [-0.4, -0.2) is 33.6 Å². The van der Waals surface area contributed by atoms with Crippen molar-refractivity contribution < 1.29 is 14.8 Å². The summed E-state index contributed by atoms with van der Waals surface area (Å²) in [5.41, 5.74) is 2.44. The number of hydrogen-bond donors (Lipinski definition) is 2. The van der Waals surface area contributed by atoms with Crippen LogP contribution in [0.4, 0.5) is 0 Å². The molecular weight excluding hydrogens is 243 g/mol. The van der Waals surface area contributed by atoms with Gasteiger partial charge in [-0.1, -0.05) is 17.7 Å². The minimum atomic E-state index is -1.52. The molecule has 6 heteroatoms. The van der Waals surface area contributed by atoms with Crippen LogP contribution in [0.1, 0.15) is 11.1 Å². The summed E-state index contributed by atoms with van der Waals surface area (Å²) in [5, 5.41) is 22.7. The third-order valence-corrected chi connectivity index (χ3v) is 2.85. The van der Waals surface area contributed by atoms with Gasteiger partial charge in [0, 0.05) is 25.1 Å². The number of hydrogen-bond acceptors (Lipinski definition) is 4. The molecule has 5 nitrogen and oxygen atoms in total. The second kappa shape index (κ2) is 5.90. The van der Waals surface area contributed by atoms with Gasteiger partial charge in [0.1, 0.15) is 5.75 Å². The Labute approximate surface area is 112 Å². The fraction of sp³-hybridized carbons (Fsp3) is 0.308. The lowest BCUT2D eigenvalue weighted by molar-refractivity contribution is 0.322. The van der Waals surface area contributed by atoms with E-state index in [4.69, 9.17) is 4.74 Å². The Morgan fingerprint density at radius 3 is 2.79 bits per heavy atom. The molecule has 0 fully saturated rings. The molecule has 0 radical (unpaired) electrons. The van der Waals surface area contributed by atoms with Gasteiger partial charge >= 0.3 is 7.12 Å². The van der Waals surface area contributed by atoms with E-state index in [0.717, 1.165) is 17.5 Å². The molecule has 0 saturated heterocycles. The maximum Gasteiger partial charge on any atom is 0.492 e. The number of rotatable bonds is 5. The maximum absolute atomic E-state index is 9.31. The van der Waals surface area contributed by atoms with E-state index in [0.29, 0.717) is 17.8 Å². The molecule has 100 valence electrons. The molecule has 1 heterocycles. The van der Waals surface area contributed by atoms with E-state index >= 15 is 0 Å². The molecule has 0 aliphatic carbocycles. The van der Waals surface area contributed by atoms with Crippen LogP contribution in [0.2, 0.25) is 0 Å². The fourth-order valence-electron chi connectivity index (χ4n) is 1.88. The van der Waals surface area contributed by atoms with Gasteiger partial charge in [0.2, 0.25) is 0 Å². The van der Waals surface area contributed by atoms with Crippen LogP contribution < -0.4 is 10.2 Å². The smallest absolute Gasteiger partial charge is 0.492 e. The summed E-state index contributed by atoms with van der Waals surface area (Å²) in [4.78, 5) is 0. The van der Waals surface area contributed by atoms with Crippen molar-refractivity contribution >= 4 is 12.6 Å². The Kier molecular flexibility index (Phi) is 4.24. The lowest BCUT2D eigenvalue weighted by Gasteiger charge is -2.11. The van der Waals surface area contributed by atoms with Gasteiger partial charge < -0.3 is 14.8 Å². The van der Waals surface area contributed by atoms with E-state index in [9.17, 15) is 10.0 Å². The summed E-state index contributed by atoms with van der Waals surface area (Å²) < 4.78 is 7.35. The first-order valence-corrected chi connectivity index (χ1v) is 6.13. The number of aromatic nitrogens is 2. The molecule has 0 amide bonds. The maximum atomic E-state index is 9.31. The van der Waals surface area contributed by atoms with Gasteiger partial charge in [0.05, 0.1) is 12.8 Å². The van der Waals surface area contributed by atoms with Crippen molar-refractivity contribution in [2.75, 3.05) is 6.61 Å². The lowest BCUT2D eigenvalue weighted by atomic mass is 9.79. The predicted molar refractivity (Wildman–Crippen MR) is 73.4 cm³/mol. The monoisotopic (exact) mass is 260 g/mol. The van der Waals surface area contributed by atoms with Gasteiger partial charge in [0.15, 0.2) is 0 Å². The second-order valence-corrected chi connectivity index (χ2v) is 4.54. The highest BCUT2D eigenvalue weighted by atomic mass is 16.5. The van der Waals surface area contributed by atoms with Crippen LogP contribution in [0.15, 0.2) is 30.6 Å². The van der Waals surface area contributed by atoms with Crippen LogP contribution in [0.3, 0.4) is 0 Å². The first-order valence-electron chi connectivity index (χ1n) is 6.13. The number of ether oxygens (including phenoxy) is 1. The molecule has 0 aliphatic rings. The average molecular weight is 260 g/mol. The zero-order chi connectivity index (χ0) is 13.8. The van der Waals surface area contributed by atoms with Gasteiger partial charge in [-0.3, -0.25) is 4.68 Å². The molecule has 0 unspecified atom stereocenters. The van der Waals surface area contributed by atoms with Crippen LogP contribution in [-0.2, 0) is 13.5 Å². The van der Waals surface area contributed by atoms with Gasteiger partial charge in [0.25, 0.3) is 0 Å². The Balaban J connectivity index is 1.99. The molecule has 0 saturated carbocycles. The summed E-state index contributed by atoms with van der Waals surface area (Å²) in [6.45, 7) is 2.36. The fourth-order valence-corrected chi connectivity index (χ4v) is 1.88. The normalized spacial score (nSPS) is 10.5. The molecule has 2 rings (SSSR count). The van der Waals surface area contributed by atoms with Crippen molar-refractivity contribution in [3.8, 4) is 5.75 Å². The Morgan fingerprint density at radius 2 is 2.16 bits per heavy atom. The van der Waals surface area contributed by atoms with E-state index in [1.54, 1.807) is 23.0 Å². The van der Waals surface area contributed by atoms with Crippen LogP contribution in [0, 0.1) is 6.92 Å². The van der Waals surface area contributed by atoms with Crippen molar-refractivity contribution in [2.24, 2.45) is 7.05 Å². The Bertz CT molecular complexity index is 555. The zero-order valence-corrected chi connectivity index (χ0v) is 11.1. The topological polar surface area (TPSA) is 67.5 Å². The third-order valence-electron chi connectivity index (χ3n) is 2.85. The van der Waals surface area contributed by atoms with Crippen LogP contribution >= 0.6 is 0 Å². The average Bonchev–Trinajstić information content (AvgIpc) is 2.77. The molecule has 0 spiro atoms. The van der Waals surface area contributed by atoms with Crippen LogP contribution in [0.25, 0.3) is 0 Å². The predicted octanol–water partition coefficient (Wildman–Crippen LogP) is 0.0298. The molecule has 0 aliphatic heterocycles. The van der Waals surface area contributed by atoms with Crippen molar-refractivity contribution in [2.45, 2.75) is 13.3 Å².